The molecular formula is C25H25ClO6. The Labute approximate surface area is 191 Å². The maximum atomic E-state index is 10.6. The number of hydrogen-bond donors (Lipinski definition) is 3. The first kappa shape index (κ1) is 22.4. The van der Waals surface area contributed by atoms with E-state index in [0.717, 1.165) is 16.9 Å². The standard InChI is InChI=1S/C25H25ClO6/c1-2-30-18-8-5-15(6-9-18)12-17-13-16(7-10-20(17)26)25-24(29)23(28)22(27)21(32-25)14-19-4-3-11-31-19/h3-11,13-14,22-25,27-29H,2,12H2,1H3/t22-,23+,24-,25+/m1/s1. The van der Waals surface area contributed by atoms with E-state index in [0.29, 0.717) is 29.4 Å². The normalized spacial score (nSPS) is 24.3. The molecule has 0 radical (unpaired) electrons. The average Bonchev–Trinajstić information content (AvgIpc) is 3.30. The number of hydrogen-bond acceptors (Lipinski definition) is 6. The van der Waals surface area contributed by atoms with E-state index in [1.165, 1.54) is 12.3 Å². The Balaban J connectivity index is 1.59. The van der Waals surface area contributed by atoms with E-state index >= 15 is 0 Å². The minimum absolute atomic E-state index is 0.116. The summed E-state index contributed by atoms with van der Waals surface area (Å²) in [4.78, 5) is 0. The first-order chi connectivity index (χ1) is 15.5. The first-order valence-corrected chi connectivity index (χ1v) is 10.8. The van der Waals surface area contributed by atoms with Gasteiger partial charge in [0.2, 0.25) is 0 Å². The van der Waals surface area contributed by atoms with Crippen molar-refractivity contribution < 1.29 is 29.2 Å². The molecule has 1 fully saturated rings. The lowest BCUT2D eigenvalue weighted by Crippen LogP contribution is -2.47. The zero-order chi connectivity index (χ0) is 22.7. The molecule has 4 rings (SSSR count). The Morgan fingerprint density at radius 2 is 1.81 bits per heavy atom. The van der Waals surface area contributed by atoms with Crippen molar-refractivity contribution in [3.63, 3.8) is 0 Å². The van der Waals surface area contributed by atoms with Crippen LogP contribution in [0, 0.1) is 0 Å². The highest BCUT2D eigenvalue weighted by atomic mass is 35.5. The van der Waals surface area contributed by atoms with Crippen LogP contribution in [0.25, 0.3) is 6.08 Å². The lowest BCUT2D eigenvalue weighted by molar-refractivity contribution is -0.156. The van der Waals surface area contributed by atoms with E-state index in [2.05, 4.69) is 0 Å². The fourth-order valence-electron chi connectivity index (χ4n) is 3.72. The van der Waals surface area contributed by atoms with Crippen LogP contribution in [0.1, 0.15) is 35.5 Å². The van der Waals surface area contributed by atoms with E-state index in [1.54, 1.807) is 24.3 Å². The van der Waals surface area contributed by atoms with Gasteiger partial charge < -0.3 is 29.2 Å². The predicted molar refractivity (Wildman–Crippen MR) is 120 cm³/mol. The zero-order valence-electron chi connectivity index (χ0n) is 17.5. The number of halogens is 1. The van der Waals surface area contributed by atoms with Gasteiger partial charge in [-0.2, -0.15) is 0 Å². The fourth-order valence-corrected chi connectivity index (χ4v) is 3.90. The molecule has 7 heteroatoms. The third kappa shape index (κ3) is 4.84. The van der Waals surface area contributed by atoms with Gasteiger partial charge in [-0.05, 0) is 60.4 Å². The smallest absolute Gasteiger partial charge is 0.152 e. The van der Waals surface area contributed by atoms with Crippen LogP contribution in [-0.2, 0) is 11.2 Å². The number of furan rings is 1. The minimum atomic E-state index is -1.42. The quantitative estimate of drug-likeness (QED) is 0.517. The summed E-state index contributed by atoms with van der Waals surface area (Å²) in [5.41, 5.74) is 2.53. The Morgan fingerprint density at radius 1 is 1.03 bits per heavy atom. The highest BCUT2D eigenvalue weighted by Crippen LogP contribution is 2.36. The molecule has 0 aliphatic carbocycles. The van der Waals surface area contributed by atoms with Gasteiger partial charge in [0.15, 0.2) is 6.10 Å². The van der Waals surface area contributed by atoms with Gasteiger partial charge in [0.25, 0.3) is 0 Å². The fraction of sp³-hybridized carbons (Fsp3) is 0.280. The van der Waals surface area contributed by atoms with E-state index in [1.807, 2.05) is 37.3 Å². The molecular weight excluding hydrogens is 432 g/mol. The molecule has 1 saturated heterocycles. The number of ether oxygens (including phenoxy) is 2. The summed E-state index contributed by atoms with van der Waals surface area (Å²) in [5, 5.41) is 32.0. The van der Waals surface area contributed by atoms with Crippen LogP contribution < -0.4 is 4.74 Å². The second kappa shape index (κ2) is 9.79. The molecule has 6 nitrogen and oxygen atoms in total. The Hall–Kier alpha value is -2.77. The van der Waals surface area contributed by atoms with Gasteiger partial charge in [0.05, 0.1) is 12.9 Å². The van der Waals surface area contributed by atoms with E-state index < -0.39 is 24.4 Å². The maximum absolute atomic E-state index is 10.6. The van der Waals surface area contributed by atoms with Crippen LogP contribution >= 0.6 is 11.6 Å². The topological polar surface area (TPSA) is 92.3 Å². The summed E-state index contributed by atoms with van der Waals surface area (Å²) in [5.74, 6) is 1.39. The van der Waals surface area contributed by atoms with E-state index in [-0.39, 0.29) is 5.76 Å². The number of aliphatic hydroxyl groups is 3. The van der Waals surface area contributed by atoms with Crippen molar-refractivity contribution in [1.29, 1.82) is 0 Å². The Kier molecular flexibility index (Phi) is 6.86. The molecule has 4 atom stereocenters. The monoisotopic (exact) mass is 456 g/mol. The summed E-state index contributed by atoms with van der Waals surface area (Å²) >= 11 is 6.44. The van der Waals surface area contributed by atoms with Crippen molar-refractivity contribution in [2.45, 2.75) is 37.8 Å². The molecule has 0 saturated carbocycles. The van der Waals surface area contributed by atoms with Gasteiger partial charge in [-0.3, -0.25) is 0 Å². The van der Waals surface area contributed by atoms with Crippen molar-refractivity contribution in [3.8, 4) is 5.75 Å². The van der Waals surface area contributed by atoms with Crippen molar-refractivity contribution >= 4 is 17.7 Å². The van der Waals surface area contributed by atoms with Crippen molar-refractivity contribution in [3.05, 3.63) is 94.1 Å². The van der Waals surface area contributed by atoms with Crippen LogP contribution in [0.15, 0.2) is 71.0 Å². The van der Waals surface area contributed by atoms with Crippen molar-refractivity contribution in [1.82, 2.24) is 0 Å². The molecule has 2 heterocycles. The van der Waals surface area contributed by atoms with Gasteiger partial charge in [-0.15, -0.1) is 0 Å². The summed E-state index contributed by atoms with van der Waals surface area (Å²) in [7, 11) is 0. The van der Waals surface area contributed by atoms with E-state index in [4.69, 9.17) is 25.5 Å². The van der Waals surface area contributed by atoms with Gasteiger partial charge in [-0.1, -0.05) is 35.9 Å². The number of rotatable bonds is 6. The average molecular weight is 457 g/mol. The Morgan fingerprint density at radius 3 is 2.50 bits per heavy atom. The molecule has 0 bridgehead atoms. The largest absolute Gasteiger partial charge is 0.494 e. The van der Waals surface area contributed by atoms with Crippen LogP contribution in [-0.4, -0.2) is 40.2 Å². The molecule has 1 aliphatic rings. The molecule has 32 heavy (non-hydrogen) atoms. The van der Waals surface area contributed by atoms with Gasteiger partial charge in [0, 0.05) is 11.1 Å². The summed E-state index contributed by atoms with van der Waals surface area (Å²) < 4.78 is 16.7. The second-order valence-corrected chi connectivity index (χ2v) is 8.04. The predicted octanol–water partition coefficient (Wildman–Crippen LogP) is 4.12. The third-order valence-electron chi connectivity index (χ3n) is 5.39. The summed E-state index contributed by atoms with van der Waals surface area (Å²) in [6, 6.07) is 16.5. The summed E-state index contributed by atoms with van der Waals surface area (Å²) in [6.45, 7) is 2.54. The third-order valence-corrected chi connectivity index (χ3v) is 5.76. The van der Waals surface area contributed by atoms with Crippen LogP contribution in [0.4, 0.5) is 0 Å². The molecule has 3 N–H and O–H groups in total. The van der Waals surface area contributed by atoms with Gasteiger partial charge in [0.1, 0.15) is 35.6 Å². The van der Waals surface area contributed by atoms with Gasteiger partial charge >= 0.3 is 0 Å². The van der Waals surface area contributed by atoms with Gasteiger partial charge in [-0.25, -0.2) is 0 Å². The lowest BCUT2D eigenvalue weighted by atomic mass is 9.91. The molecule has 3 aromatic rings. The highest BCUT2D eigenvalue weighted by Gasteiger charge is 2.42. The molecule has 168 valence electrons. The number of aliphatic hydroxyl groups excluding tert-OH is 3. The van der Waals surface area contributed by atoms with Crippen LogP contribution in [0.5, 0.6) is 5.75 Å². The van der Waals surface area contributed by atoms with Crippen molar-refractivity contribution in [2.75, 3.05) is 6.61 Å². The summed E-state index contributed by atoms with van der Waals surface area (Å²) in [6.07, 6.45) is -1.42. The van der Waals surface area contributed by atoms with E-state index in [9.17, 15) is 15.3 Å². The lowest BCUT2D eigenvalue weighted by Gasteiger charge is -2.37. The molecule has 0 spiro atoms. The highest BCUT2D eigenvalue weighted by molar-refractivity contribution is 6.31. The second-order valence-electron chi connectivity index (χ2n) is 7.63. The Bertz CT molecular complexity index is 1060. The number of benzene rings is 2. The molecule has 1 aliphatic heterocycles. The molecule has 0 amide bonds. The minimum Gasteiger partial charge on any atom is -0.494 e. The van der Waals surface area contributed by atoms with Crippen molar-refractivity contribution in [2.24, 2.45) is 0 Å². The van der Waals surface area contributed by atoms with Crippen LogP contribution in [0.3, 0.4) is 0 Å². The maximum Gasteiger partial charge on any atom is 0.152 e. The first-order valence-electron chi connectivity index (χ1n) is 10.4. The molecule has 0 unspecified atom stereocenters. The molecule has 1 aromatic heterocycles. The van der Waals surface area contributed by atoms with Crippen LogP contribution in [0.2, 0.25) is 5.02 Å². The SMILES string of the molecule is CCOc1ccc(Cc2cc([C@@H]3OC(=Cc4ccco4)[C@@H](O)[C@H](O)[C@H]3O)ccc2Cl)cc1. The zero-order valence-corrected chi connectivity index (χ0v) is 18.3. The molecule has 2 aromatic carbocycles.